The summed E-state index contributed by atoms with van der Waals surface area (Å²) in [6.07, 6.45) is 8.52. The van der Waals surface area contributed by atoms with Gasteiger partial charge in [0.15, 0.2) is 0 Å². The molecule has 0 N–H and O–H groups in total. The fourth-order valence-electron chi connectivity index (χ4n) is 3.73. The van der Waals surface area contributed by atoms with Crippen LogP contribution in [0.3, 0.4) is 0 Å². The molecule has 0 atom stereocenters. The van der Waals surface area contributed by atoms with Crippen LogP contribution in [0.4, 0.5) is 0 Å². The van der Waals surface area contributed by atoms with Gasteiger partial charge >= 0.3 is 5.69 Å². The zero-order valence-corrected chi connectivity index (χ0v) is 15.5. The number of aromatic nitrogens is 3. The molecule has 0 radical (unpaired) electrons. The van der Waals surface area contributed by atoms with Gasteiger partial charge < -0.3 is 4.90 Å². The van der Waals surface area contributed by atoms with E-state index in [-0.39, 0.29) is 11.6 Å². The number of nitrogens with zero attached hydrogens (tertiary/aromatic N) is 4. The molecule has 6 nitrogen and oxygen atoms in total. The first kappa shape index (κ1) is 17.3. The predicted molar refractivity (Wildman–Crippen MR) is 100 cm³/mol. The molecule has 0 aromatic carbocycles. The summed E-state index contributed by atoms with van der Waals surface area (Å²) >= 11 is 1.42. The van der Waals surface area contributed by atoms with Gasteiger partial charge in [0, 0.05) is 36.7 Å². The molecule has 0 bridgehead atoms. The fraction of sp³-hybridized carbons (Fsp3) is 0.474. The van der Waals surface area contributed by atoms with Crippen LogP contribution in [-0.2, 0) is 24.2 Å². The van der Waals surface area contributed by atoms with Crippen molar-refractivity contribution >= 4 is 17.7 Å². The Bertz CT molecular complexity index is 860. The van der Waals surface area contributed by atoms with Gasteiger partial charge in [0.1, 0.15) is 5.03 Å². The first-order chi connectivity index (χ1) is 12.7. The van der Waals surface area contributed by atoms with Crippen LogP contribution >= 0.6 is 11.8 Å². The highest BCUT2D eigenvalue weighted by molar-refractivity contribution is 7.99. The van der Waals surface area contributed by atoms with Crippen LogP contribution < -0.4 is 5.69 Å². The maximum atomic E-state index is 12.6. The Morgan fingerprint density at radius 2 is 1.88 bits per heavy atom. The first-order valence-electron chi connectivity index (χ1n) is 9.14. The monoisotopic (exact) mass is 370 g/mol. The summed E-state index contributed by atoms with van der Waals surface area (Å²) in [6.45, 7) is 2.24. The van der Waals surface area contributed by atoms with Crippen LogP contribution in [-0.4, -0.2) is 44.2 Å². The van der Waals surface area contributed by atoms with Crippen molar-refractivity contribution in [2.45, 2.75) is 43.7 Å². The molecule has 2 aliphatic rings. The molecular weight excluding hydrogens is 348 g/mol. The molecule has 4 rings (SSSR count). The smallest absolute Gasteiger partial charge is 0.342 e. The quantitative estimate of drug-likeness (QED) is 0.594. The Morgan fingerprint density at radius 1 is 1.12 bits per heavy atom. The van der Waals surface area contributed by atoms with Crippen molar-refractivity contribution in [1.82, 2.24) is 19.4 Å². The number of fused-ring (bicyclic) bond motifs is 1. The van der Waals surface area contributed by atoms with E-state index in [2.05, 4.69) is 9.97 Å². The van der Waals surface area contributed by atoms with E-state index in [1.165, 1.54) is 11.8 Å². The third-order valence-corrected chi connectivity index (χ3v) is 6.08. The second-order valence-electron chi connectivity index (χ2n) is 6.80. The maximum absolute atomic E-state index is 12.6. The lowest BCUT2D eigenvalue weighted by Crippen LogP contribution is -2.30. The van der Waals surface area contributed by atoms with Crippen LogP contribution in [0.25, 0.3) is 0 Å². The lowest BCUT2D eigenvalue weighted by molar-refractivity contribution is -0.127. The molecule has 1 aliphatic carbocycles. The van der Waals surface area contributed by atoms with Crippen molar-refractivity contribution in [3.63, 3.8) is 0 Å². The molecule has 2 aromatic rings. The summed E-state index contributed by atoms with van der Waals surface area (Å²) < 4.78 is 1.78. The van der Waals surface area contributed by atoms with Crippen molar-refractivity contribution < 1.29 is 4.79 Å². The minimum atomic E-state index is -0.224. The van der Waals surface area contributed by atoms with E-state index in [9.17, 15) is 9.59 Å². The number of hydrogen-bond donors (Lipinski definition) is 0. The highest BCUT2D eigenvalue weighted by atomic mass is 32.2. The average Bonchev–Trinajstić information content (AvgIpc) is 3.35. The third kappa shape index (κ3) is 3.53. The van der Waals surface area contributed by atoms with Crippen LogP contribution in [0.2, 0.25) is 0 Å². The molecule has 0 unspecified atom stereocenters. The van der Waals surface area contributed by atoms with E-state index in [1.54, 1.807) is 17.0 Å². The number of hydrogen-bond acceptors (Lipinski definition) is 5. The van der Waals surface area contributed by atoms with Gasteiger partial charge in [0.25, 0.3) is 0 Å². The minimum absolute atomic E-state index is 0.155. The topological polar surface area (TPSA) is 68.1 Å². The summed E-state index contributed by atoms with van der Waals surface area (Å²) in [7, 11) is 0. The molecule has 3 heterocycles. The largest absolute Gasteiger partial charge is 0.349 e. The van der Waals surface area contributed by atoms with Gasteiger partial charge in [-0.2, -0.15) is 4.98 Å². The zero-order valence-electron chi connectivity index (χ0n) is 14.7. The van der Waals surface area contributed by atoms with Gasteiger partial charge in [0.05, 0.1) is 12.3 Å². The summed E-state index contributed by atoms with van der Waals surface area (Å²) in [6, 6.07) is 3.84. The molecule has 26 heavy (non-hydrogen) atoms. The first-order valence-corrected chi connectivity index (χ1v) is 10.1. The van der Waals surface area contributed by atoms with E-state index in [0.717, 1.165) is 67.0 Å². The Kier molecular flexibility index (Phi) is 5.06. The van der Waals surface area contributed by atoms with E-state index < -0.39 is 0 Å². The SMILES string of the molecule is O=C(CSc1nc(=O)n(Cc2ccncc2)c2c1CCC2)N1CCCC1. The molecule has 1 fully saturated rings. The van der Waals surface area contributed by atoms with Crippen molar-refractivity contribution in [2.24, 2.45) is 0 Å². The van der Waals surface area contributed by atoms with Crippen molar-refractivity contribution in [3.05, 3.63) is 51.8 Å². The minimum Gasteiger partial charge on any atom is -0.342 e. The second-order valence-corrected chi connectivity index (χ2v) is 7.76. The fourth-order valence-corrected chi connectivity index (χ4v) is 4.71. The van der Waals surface area contributed by atoms with Crippen molar-refractivity contribution in [3.8, 4) is 0 Å². The lowest BCUT2D eigenvalue weighted by Gasteiger charge is -2.16. The number of carbonyl (C=O) groups is 1. The highest BCUT2D eigenvalue weighted by Crippen LogP contribution is 2.29. The third-order valence-electron chi connectivity index (χ3n) is 5.08. The van der Waals surface area contributed by atoms with Gasteiger partial charge in [-0.3, -0.25) is 14.3 Å². The summed E-state index contributed by atoms with van der Waals surface area (Å²) in [5, 5.41) is 0.751. The van der Waals surface area contributed by atoms with E-state index in [1.807, 2.05) is 17.0 Å². The lowest BCUT2D eigenvalue weighted by atomic mass is 10.2. The molecule has 0 spiro atoms. The molecule has 1 saturated heterocycles. The van der Waals surface area contributed by atoms with E-state index in [0.29, 0.717) is 12.3 Å². The van der Waals surface area contributed by atoms with Crippen molar-refractivity contribution in [2.75, 3.05) is 18.8 Å². The summed E-state index contributed by atoms with van der Waals surface area (Å²) in [4.78, 5) is 35.2. The van der Waals surface area contributed by atoms with Crippen LogP contribution in [0.15, 0.2) is 34.3 Å². The molecule has 2 aromatic heterocycles. The van der Waals surface area contributed by atoms with Gasteiger partial charge in [-0.25, -0.2) is 4.79 Å². The van der Waals surface area contributed by atoms with Gasteiger partial charge in [-0.1, -0.05) is 11.8 Å². The average molecular weight is 370 g/mol. The normalized spacial score (nSPS) is 16.1. The Labute approximate surface area is 156 Å². The van der Waals surface area contributed by atoms with Crippen LogP contribution in [0.5, 0.6) is 0 Å². The molecule has 1 amide bonds. The van der Waals surface area contributed by atoms with Crippen LogP contribution in [0, 0.1) is 0 Å². The van der Waals surface area contributed by atoms with Gasteiger partial charge in [-0.05, 0) is 49.8 Å². The standard InChI is InChI=1S/C19H22N4O2S/c24-17(22-10-1-2-11-22)13-26-18-15-4-3-5-16(15)23(19(25)21-18)12-14-6-8-20-9-7-14/h6-9H,1-5,10-13H2. The number of rotatable bonds is 5. The Morgan fingerprint density at radius 3 is 2.65 bits per heavy atom. The molecule has 136 valence electrons. The van der Waals surface area contributed by atoms with Gasteiger partial charge in [-0.15, -0.1) is 0 Å². The molecule has 1 aliphatic heterocycles. The highest BCUT2D eigenvalue weighted by Gasteiger charge is 2.24. The molecular formula is C19H22N4O2S. The summed E-state index contributed by atoms with van der Waals surface area (Å²) in [5.41, 5.74) is 3.05. The number of amides is 1. The van der Waals surface area contributed by atoms with Crippen LogP contribution in [0.1, 0.15) is 36.1 Å². The second kappa shape index (κ2) is 7.61. The Hall–Kier alpha value is -2.15. The summed E-state index contributed by atoms with van der Waals surface area (Å²) in [5.74, 6) is 0.523. The number of pyridine rings is 1. The Balaban J connectivity index is 1.55. The van der Waals surface area contributed by atoms with E-state index >= 15 is 0 Å². The zero-order chi connectivity index (χ0) is 17.9. The molecule has 0 saturated carbocycles. The predicted octanol–water partition coefficient (Wildman–Crippen LogP) is 1.89. The van der Waals surface area contributed by atoms with Crippen molar-refractivity contribution in [1.29, 1.82) is 0 Å². The van der Waals surface area contributed by atoms with E-state index in [4.69, 9.17) is 0 Å². The number of likely N-dealkylation sites (tertiary alicyclic amines) is 1. The maximum Gasteiger partial charge on any atom is 0.349 e. The van der Waals surface area contributed by atoms with Gasteiger partial charge in [0.2, 0.25) is 5.91 Å². The number of thioether (sulfide) groups is 1. The molecule has 7 heteroatoms. The number of carbonyl (C=O) groups excluding carboxylic acids is 1.